The van der Waals surface area contributed by atoms with Crippen molar-refractivity contribution in [1.29, 1.82) is 0 Å². The molecule has 0 spiro atoms. The van der Waals surface area contributed by atoms with Crippen molar-refractivity contribution in [2.75, 3.05) is 14.2 Å². The highest BCUT2D eigenvalue weighted by molar-refractivity contribution is 5.85. The largest absolute Gasteiger partial charge is 0.497 e. The maximum atomic E-state index is 5.47. The number of fused-ring (bicyclic) bond motifs is 1. The molecule has 0 heterocycles. The molecule has 0 saturated carbocycles. The van der Waals surface area contributed by atoms with Crippen LogP contribution < -0.4 is 9.47 Å². The first kappa shape index (κ1) is 15.9. The van der Waals surface area contributed by atoms with Crippen molar-refractivity contribution >= 4 is 17.0 Å². The summed E-state index contributed by atoms with van der Waals surface area (Å²) in [5, 5.41) is 6.43. The summed E-state index contributed by atoms with van der Waals surface area (Å²) in [6, 6.07) is 19.9. The van der Waals surface area contributed by atoms with E-state index < -0.39 is 0 Å². The molecule has 0 saturated heterocycles. The summed E-state index contributed by atoms with van der Waals surface area (Å²) in [7, 11) is 3.24. The highest BCUT2D eigenvalue weighted by atomic mass is 16.6. The third-order valence-corrected chi connectivity index (χ3v) is 3.81. The lowest BCUT2D eigenvalue weighted by Crippen LogP contribution is -1.94. The van der Waals surface area contributed by atoms with Gasteiger partial charge in [0.25, 0.3) is 0 Å². The highest BCUT2D eigenvalue weighted by Gasteiger charge is 2.03. The average molecular weight is 321 g/mol. The minimum Gasteiger partial charge on any atom is -0.497 e. The molecule has 0 aliphatic rings. The van der Waals surface area contributed by atoms with E-state index in [0.29, 0.717) is 12.4 Å². The SMILES string of the molecule is COc1ccc(C=NOCc2cccc3ccccc23)c(OC)c1. The van der Waals surface area contributed by atoms with E-state index in [-0.39, 0.29) is 0 Å². The van der Waals surface area contributed by atoms with E-state index in [1.807, 2.05) is 42.5 Å². The van der Waals surface area contributed by atoms with Crippen LogP contribution in [0.2, 0.25) is 0 Å². The molecule has 3 aromatic carbocycles. The second-order valence-corrected chi connectivity index (χ2v) is 5.25. The lowest BCUT2D eigenvalue weighted by molar-refractivity contribution is 0.133. The van der Waals surface area contributed by atoms with Crippen LogP contribution in [0.3, 0.4) is 0 Å². The van der Waals surface area contributed by atoms with Gasteiger partial charge in [-0.25, -0.2) is 0 Å². The van der Waals surface area contributed by atoms with Crippen LogP contribution in [0, 0.1) is 0 Å². The zero-order valence-corrected chi connectivity index (χ0v) is 13.7. The van der Waals surface area contributed by atoms with Crippen LogP contribution in [-0.2, 0) is 11.4 Å². The molecular formula is C20H19NO3. The van der Waals surface area contributed by atoms with E-state index >= 15 is 0 Å². The van der Waals surface area contributed by atoms with Crippen molar-refractivity contribution in [1.82, 2.24) is 0 Å². The fourth-order valence-electron chi connectivity index (χ4n) is 2.54. The number of benzene rings is 3. The molecule has 3 rings (SSSR count). The van der Waals surface area contributed by atoms with Gasteiger partial charge in [-0.15, -0.1) is 0 Å². The Balaban J connectivity index is 1.71. The Labute approximate surface area is 141 Å². The first-order valence-corrected chi connectivity index (χ1v) is 7.66. The topological polar surface area (TPSA) is 40.0 Å². The minimum atomic E-state index is 0.413. The predicted molar refractivity (Wildman–Crippen MR) is 95.9 cm³/mol. The molecule has 4 heteroatoms. The van der Waals surface area contributed by atoms with Crippen molar-refractivity contribution in [3.05, 3.63) is 71.8 Å². The van der Waals surface area contributed by atoms with E-state index in [9.17, 15) is 0 Å². The van der Waals surface area contributed by atoms with E-state index in [0.717, 1.165) is 16.9 Å². The first-order valence-electron chi connectivity index (χ1n) is 7.66. The van der Waals surface area contributed by atoms with Gasteiger partial charge in [0.2, 0.25) is 0 Å². The Hall–Kier alpha value is -3.01. The van der Waals surface area contributed by atoms with Gasteiger partial charge in [0.05, 0.1) is 20.4 Å². The van der Waals surface area contributed by atoms with Gasteiger partial charge >= 0.3 is 0 Å². The predicted octanol–water partition coefficient (Wildman–Crippen LogP) is 4.41. The molecule has 122 valence electrons. The quantitative estimate of drug-likeness (QED) is 0.499. The number of ether oxygens (including phenoxy) is 2. The van der Waals surface area contributed by atoms with Gasteiger partial charge in [-0.2, -0.15) is 0 Å². The van der Waals surface area contributed by atoms with Crippen LogP contribution in [0.4, 0.5) is 0 Å². The van der Waals surface area contributed by atoms with Crippen molar-refractivity contribution in [2.45, 2.75) is 6.61 Å². The molecule has 0 N–H and O–H groups in total. The zero-order chi connectivity index (χ0) is 16.8. The second-order valence-electron chi connectivity index (χ2n) is 5.25. The zero-order valence-electron chi connectivity index (χ0n) is 13.7. The second kappa shape index (κ2) is 7.51. The molecule has 0 radical (unpaired) electrons. The highest BCUT2D eigenvalue weighted by Crippen LogP contribution is 2.23. The summed E-state index contributed by atoms with van der Waals surface area (Å²) in [4.78, 5) is 5.47. The van der Waals surface area contributed by atoms with Gasteiger partial charge in [-0.3, -0.25) is 0 Å². The van der Waals surface area contributed by atoms with Gasteiger partial charge in [-0.1, -0.05) is 47.6 Å². The van der Waals surface area contributed by atoms with Crippen molar-refractivity contribution in [3.8, 4) is 11.5 Å². The third kappa shape index (κ3) is 3.49. The average Bonchev–Trinajstić information content (AvgIpc) is 2.65. The van der Waals surface area contributed by atoms with Gasteiger partial charge in [0.1, 0.15) is 18.1 Å². The summed E-state index contributed by atoms with van der Waals surface area (Å²) < 4.78 is 10.5. The summed E-state index contributed by atoms with van der Waals surface area (Å²) in [5.74, 6) is 1.42. The third-order valence-electron chi connectivity index (χ3n) is 3.81. The minimum absolute atomic E-state index is 0.413. The lowest BCUT2D eigenvalue weighted by Gasteiger charge is -2.07. The van der Waals surface area contributed by atoms with Gasteiger partial charge in [0, 0.05) is 11.6 Å². The smallest absolute Gasteiger partial charge is 0.142 e. The first-order chi connectivity index (χ1) is 11.8. The molecule has 3 aromatic rings. The molecule has 24 heavy (non-hydrogen) atoms. The summed E-state index contributed by atoms with van der Waals surface area (Å²) in [5.41, 5.74) is 1.93. The van der Waals surface area contributed by atoms with Gasteiger partial charge in [-0.05, 0) is 28.5 Å². The van der Waals surface area contributed by atoms with Crippen LogP contribution in [0.25, 0.3) is 10.8 Å². The number of oxime groups is 1. The number of methoxy groups -OCH3 is 2. The van der Waals surface area contributed by atoms with Crippen molar-refractivity contribution in [2.24, 2.45) is 5.16 Å². The number of nitrogens with zero attached hydrogens (tertiary/aromatic N) is 1. The Kier molecular flexibility index (Phi) is 4.96. The standard InChI is InChI=1S/C20H19NO3/c1-22-18-11-10-16(20(12-18)23-2)13-21-24-14-17-8-5-7-15-6-3-4-9-19(15)17/h3-13H,14H2,1-2H3. The van der Waals surface area contributed by atoms with Crippen LogP contribution >= 0.6 is 0 Å². The Morgan fingerprint density at radius 2 is 1.75 bits per heavy atom. The maximum absolute atomic E-state index is 5.47. The molecule has 0 bridgehead atoms. The Morgan fingerprint density at radius 1 is 0.917 bits per heavy atom. The molecule has 0 fully saturated rings. The van der Waals surface area contributed by atoms with Gasteiger partial charge < -0.3 is 14.3 Å². The lowest BCUT2D eigenvalue weighted by atomic mass is 10.1. The summed E-state index contributed by atoms with van der Waals surface area (Å²) >= 11 is 0. The van der Waals surface area contributed by atoms with Crippen molar-refractivity contribution in [3.63, 3.8) is 0 Å². The fourth-order valence-corrected chi connectivity index (χ4v) is 2.54. The van der Waals surface area contributed by atoms with Crippen LogP contribution in [0.5, 0.6) is 11.5 Å². The molecule has 0 aliphatic carbocycles. The number of hydrogen-bond acceptors (Lipinski definition) is 4. The molecule has 0 amide bonds. The molecule has 0 atom stereocenters. The van der Waals surface area contributed by atoms with E-state index in [2.05, 4.69) is 23.4 Å². The normalized spacial score (nSPS) is 10.9. The van der Waals surface area contributed by atoms with Crippen LogP contribution in [0.1, 0.15) is 11.1 Å². The van der Waals surface area contributed by atoms with Gasteiger partial charge in [0.15, 0.2) is 0 Å². The van der Waals surface area contributed by atoms with Crippen molar-refractivity contribution < 1.29 is 14.3 Å². The maximum Gasteiger partial charge on any atom is 0.142 e. The van der Waals surface area contributed by atoms with Crippen LogP contribution in [0.15, 0.2) is 65.8 Å². The number of rotatable bonds is 6. The molecule has 0 aliphatic heterocycles. The Morgan fingerprint density at radius 3 is 2.58 bits per heavy atom. The Bertz CT molecular complexity index is 853. The summed E-state index contributed by atoms with van der Waals surface area (Å²) in [6.07, 6.45) is 1.64. The van der Waals surface area contributed by atoms with Crippen LogP contribution in [-0.4, -0.2) is 20.4 Å². The molecule has 0 aromatic heterocycles. The monoisotopic (exact) mass is 321 g/mol. The van der Waals surface area contributed by atoms with E-state index in [1.54, 1.807) is 20.4 Å². The van der Waals surface area contributed by atoms with E-state index in [4.69, 9.17) is 14.3 Å². The molecular weight excluding hydrogens is 302 g/mol. The summed E-state index contributed by atoms with van der Waals surface area (Å²) in [6.45, 7) is 0.413. The fraction of sp³-hybridized carbons (Fsp3) is 0.150. The number of hydrogen-bond donors (Lipinski definition) is 0. The molecule has 0 unspecified atom stereocenters. The van der Waals surface area contributed by atoms with E-state index in [1.165, 1.54) is 10.8 Å². The molecule has 4 nitrogen and oxygen atoms in total.